The number of hydrogen-bond acceptors (Lipinski definition) is 1. The standard InChI is InChI=1S/C14H18O/c1-10(2)8-14(15)13-9-12(13)11-6-4-3-5-7-11/h3-8,12-15H,9H2,1-2H3. The number of hydrogen-bond donors (Lipinski definition) is 1. The zero-order valence-corrected chi connectivity index (χ0v) is 9.35. The second kappa shape index (κ2) is 4.19. The van der Waals surface area contributed by atoms with Gasteiger partial charge in [0, 0.05) is 0 Å². The van der Waals surface area contributed by atoms with Crippen LogP contribution in [0.25, 0.3) is 0 Å². The molecule has 0 aromatic heterocycles. The Balaban J connectivity index is 1.99. The van der Waals surface area contributed by atoms with Gasteiger partial charge >= 0.3 is 0 Å². The maximum atomic E-state index is 9.91. The lowest BCUT2D eigenvalue weighted by molar-refractivity contribution is 0.196. The van der Waals surface area contributed by atoms with Gasteiger partial charge in [0.05, 0.1) is 6.10 Å². The summed E-state index contributed by atoms with van der Waals surface area (Å²) in [4.78, 5) is 0. The maximum Gasteiger partial charge on any atom is 0.0757 e. The molecule has 0 spiro atoms. The van der Waals surface area contributed by atoms with Gasteiger partial charge in [-0.05, 0) is 37.7 Å². The van der Waals surface area contributed by atoms with Crippen molar-refractivity contribution in [1.82, 2.24) is 0 Å². The Morgan fingerprint density at radius 2 is 2.00 bits per heavy atom. The first-order valence-electron chi connectivity index (χ1n) is 5.56. The molecule has 3 unspecified atom stereocenters. The summed E-state index contributed by atoms with van der Waals surface area (Å²) in [5, 5.41) is 9.91. The van der Waals surface area contributed by atoms with Crippen LogP contribution in [0.1, 0.15) is 31.7 Å². The molecule has 15 heavy (non-hydrogen) atoms. The molecule has 0 amide bonds. The van der Waals surface area contributed by atoms with Gasteiger partial charge in [-0.2, -0.15) is 0 Å². The Labute approximate surface area is 91.4 Å². The van der Waals surface area contributed by atoms with E-state index in [0.717, 1.165) is 6.42 Å². The van der Waals surface area contributed by atoms with E-state index in [4.69, 9.17) is 0 Å². The van der Waals surface area contributed by atoms with Crippen LogP contribution >= 0.6 is 0 Å². The van der Waals surface area contributed by atoms with Crippen molar-refractivity contribution >= 4 is 0 Å². The Kier molecular flexibility index (Phi) is 2.92. The second-order valence-corrected chi connectivity index (χ2v) is 4.65. The van der Waals surface area contributed by atoms with Gasteiger partial charge in [-0.3, -0.25) is 0 Å². The highest BCUT2D eigenvalue weighted by Crippen LogP contribution is 2.49. The molecule has 3 atom stereocenters. The van der Waals surface area contributed by atoms with E-state index >= 15 is 0 Å². The summed E-state index contributed by atoms with van der Waals surface area (Å²) in [5.41, 5.74) is 2.56. The highest BCUT2D eigenvalue weighted by molar-refractivity contribution is 5.27. The minimum Gasteiger partial charge on any atom is -0.389 e. The molecular weight excluding hydrogens is 184 g/mol. The van der Waals surface area contributed by atoms with Gasteiger partial charge < -0.3 is 5.11 Å². The van der Waals surface area contributed by atoms with Crippen molar-refractivity contribution in [2.24, 2.45) is 5.92 Å². The average molecular weight is 202 g/mol. The van der Waals surface area contributed by atoms with Gasteiger partial charge in [0.2, 0.25) is 0 Å². The summed E-state index contributed by atoms with van der Waals surface area (Å²) in [6.07, 6.45) is 2.82. The van der Waals surface area contributed by atoms with E-state index in [1.165, 1.54) is 11.1 Å². The minimum atomic E-state index is -0.264. The molecule has 1 fully saturated rings. The summed E-state index contributed by atoms with van der Waals surface area (Å²) in [6.45, 7) is 4.06. The van der Waals surface area contributed by atoms with Crippen molar-refractivity contribution in [2.45, 2.75) is 32.3 Å². The molecule has 1 aromatic carbocycles. The zero-order valence-electron chi connectivity index (χ0n) is 9.35. The van der Waals surface area contributed by atoms with Crippen molar-refractivity contribution in [1.29, 1.82) is 0 Å². The molecule has 2 rings (SSSR count). The molecule has 1 aliphatic rings. The monoisotopic (exact) mass is 202 g/mol. The van der Waals surface area contributed by atoms with Crippen molar-refractivity contribution in [2.75, 3.05) is 0 Å². The summed E-state index contributed by atoms with van der Waals surface area (Å²) >= 11 is 0. The largest absolute Gasteiger partial charge is 0.389 e. The summed E-state index contributed by atoms with van der Waals surface area (Å²) in [5.74, 6) is 0.999. The van der Waals surface area contributed by atoms with Gasteiger partial charge in [0.1, 0.15) is 0 Å². The number of aliphatic hydroxyl groups is 1. The molecule has 0 heterocycles. The molecule has 1 nitrogen and oxygen atoms in total. The van der Waals surface area contributed by atoms with Crippen LogP contribution in [0.4, 0.5) is 0 Å². The lowest BCUT2D eigenvalue weighted by Crippen LogP contribution is -2.06. The number of aliphatic hydroxyl groups excluding tert-OH is 1. The van der Waals surface area contributed by atoms with Gasteiger partial charge in [-0.15, -0.1) is 0 Å². The van der Waals surface area contributed by atoms with Crippen LogP contribution in [0.3, 0.4) is 0 Å². The fourth-order valence-electron chi connectivity index (χ4n) is 2.14. The van der Waals surface area contributed by atoms with E-state index < -0.39 is 0 Å². The third kappa shape index (κ3) is 2.48. The molecule has 0 bridgehead atoms. The first-order chi connectivity index (χ1) is 7.18. The normalized spacial score (nSPS) is 25.8. The quantitative estimate of drug-likeness (QED) is 0.747. The Morgan fingerprint density at radius 3 is 2.60 bits per heavy atom. The fourth-order valence-corrected chi connectivity index (χ4v) is 2.14. The van der Waals surface area contributed by atoms with E-state index in [2.05, 4.69) is 24.3 Å². The Hall–Kier alpha value is -1.08. The van der Waals surface area contributed by atoms with Crippen LogP contribution in [-0.2, 0) is 0 Å². The first kappa shape index (κ1) is 10.4. The SMILES string of the molecule is CC(C)=CC(O)C1CC1c1ccccc1. The van der Waals surface area contributed by atoms with Gasteiger partial charge in [-0.1, -0.05) is 42.0 Å². The van der Waals surface area contributed by atoms with E-state index in [9.17, 15) is 5.11 Å². The molecular formula is C14H18O. The molecule has 0 aliphatic heterocycles. The fraction of sp³-hybridized carbons (Fsp3) is 0.429. The van der Waals surface area contributed by atoms with E-state index in [1.54, 1.807) is 0 Å². The Bertz CT molecular complexity index is 349. The van der Waals surface area contributed by atoms with Crippen LogP contribution < -0.4 is 0 Å². The van der Waals surface area contributed by atoms with Crippen LogP contribution in [0.15, 0.2) is 42.0 Å². The number of rotatable bonds is 3. The highest BCUT2D eigenvalue weighted by atomic mass is 16.3. The summed E-state index contributed by atoms with van der Waals surface area (Å²) in [6, 6.07) is 10.5. The molecule has 1 aliphatic carbocycles. The molecule has 1 saturated carbocycles. The molecule has 0 saturated heterocycles. The van der Waals surface area contributed by atoms with Crippen molar-refractivity contribution in [3.8, 4) is 0 Å². The third-order valence-electron chi connectivity index (χ3n) is 3.01. The lowest BCUT2D eigenvalue weighted by atomic mass is 10.1. The van der Waals surface area contributed by atoms with Crippen LogP contribution in [0.2, 0.25) is 0 Å². The van der Waals surface area contributed by atoms with Gasteiger partial charge in [0.15, 0.2) is 0 Å². The average Bonchev–Trinajstić information content (AvgIpc) is 2.97. The zero-order chi connectivity index (χ0) is 10.8. The molecule has 1 aromatic rings. The molecule has 1 N–H and O–H groups in total. The van der Waals surface area contributed by atoms with Gasteiger partial charge in [-0.25, -0.2) is 0 Å². The lowest BCUT2D eigenvalue weighted by Gasteiger charge is -2.05. The van der Waals surface area contributed by atoms with Crippen LogP contribution in [-0.4, -0.2) is 11.2 Å². The van der Waals surface area contributed by atoms with E-state index in [-0.39, 0.29) is 6.10 Å². The smallest absolute Gasteiger partial charge is 0.0757 e. The van der Waals surface area contributed by atoms with Crippen molar-refractivity contribution < 1.29 is 5.11 Å². The van der Waals surface area contributed by atoms with Crippen LogP contribution in [0, 0.1) is 5.92 Å². The predicted octanol–water partition coefficient (Wildman–Crippen LogP) is 3.12. The molecule has 0 radical (unpaired) electrons. The topological polar surface area (TPSA) is 20.2 Å². The van der Waals surface area contributed by atoms with Crippen molar-refractivity contribution in [3.05, 3.63) is 47.5 Å². The van der Waals surface area contributed by atoms with Crippen LogP contribution in [0.5, 0.6) is 0 Å². The van der Waals surface area contributed by atoms with Crippen molar-refractivity contribution in [3.63, 3.8) is 0 Å². The van der Waals surface area contributed by atoms with Gasteiger partial charge in [0.25, 0.3) is 0 Å². The molecule has 80 valence electrons. The maximum absolute atomic E-state index is 9.91. The Morgan fingerprint density at radius 1 is 1.33 bits per heavy atom. The predicted molar refractivity (Wildman–Crippen MR) is 62.7 cm³/mol. The number of allylic oxidation sites excluding steroid dienone is 1. The number of benzene rings is 1. The first-order valence-corrected chi connectivity index (χ1v) is 5.56. The highest BCUT2D eigenvalue weighted by Gasteiger charge is 2.42. The second-order valence-electron chi connectivity index (χ2n) is 4.65. The summed E-state index contributed by atoms with van der Waals surface area (Å²) < 4.78 is 0. The van der Waals surface area contributed by atoms with E-state index in [0.29, 0.717) is 11.8 Å². The minimum absolute atomic E-state index is 0.264. The van der Waals surface area contributed by atoms with E-state index in [1.807, 2.05) is 26.0 Å². The summed E-state index contributed by atoms with van der Waals surface area (Å²) in [7, 11) is 0. The third-order valence-corrected chi connectivity index (χ3v) is 3.01. The molecule has 1 heteroatoms.